The predicted octanol–water partition coefficient (Wildman–Crippen LogP) is 0.994. The lowest BCUT2D eigenvalue weighted by Gasteiger charge is -2.09. The van der Waals surface area contributed by atoms with Crippen molar-refractivity contribution in [3.63, 3.8) is 0 Å². The van der Waals surface area contributed by atoms with Gasteiger partial charge in [-0.1, -0.05) is 17.3 Å². The molecule has 0 radical (unpaired) electrons. The number of H-pyrrole nitrogens is 1. The summed E-state index contributed by atoms with van der Waals surface area (Å²) in [5.41, 5.74) is 2.68. The summed E-state index contributed by atoms with van der Waals surface area (Å²) < 4.78 is 0. The fourth-order valence-corrected chi connectivity index (χ4v) is 1.78. The number of para-hydroxylation sites is 2. The Balaban J connectivity index is 1.71. The Morgan fingerprint density at radius 2 is 2.11 bits per heavy atom. The van der Waals surface area contributed by atoms with Crippen LogP contribution in [0.25, 0.3) is 11.0 Å². The van der Waals surface area contributed by atoms with Crippen LogP contribution in [0, 0.1) is 0 Å². The van der Waals surface area contributed by atoms with Crippen LogP contribution < -0.4 is 5.32 Å². The van der Waals surface area contributed by atoms with E-state index in [1.54, 1.807) is 6.20 Å². The molecule has 3 rings (SSSR count). The Morgan fingerprint density at radius 1 is 1.26 bits per heavy atom. The SMILES string of the molecule is CC(NCc1cnc2ccccc2n1)c1nn[nH]n1. The van der Waals surface area contributed by atoms with E-state index in [2.05, 4.69) is 35.9 Å². The van der Waals surface area contributed by atoms with E-state index in [1.807, 2.05) is 31.2 Å². The Labute approximate surface area is 109 Å². The standard InChI is InChI=1S/C12H13N7/c1-8(12-16-18-19-17-12)13-6-9-7-14-10-4-2-3-5-11(10)15-9/h2-5,7-8,13H,6H2,1H3,(H,16,17,18,19). The Kier molecular flexibility index (Phi) is 3.11. The summed E-state index contributed by atoms with van der Waals surface area (Å²) in [5, 5.41) is 17.1. The minimum absolute atomic E-state index is 0.00650. The summed E-state index contributed by atoms with van der Waals surface area (Å²) in [5.74, 6) is 0.633. The Bertz CT molecular complexity index is 665. The van der Waals surface area contributed by atoms with E-state index in [1.165, 1.54) is 0 Å². The first-order valence-corrected chi connectivity index (χ1v) is 6.00. The van der Waals surface area contributed by atoms with Crippen molar-refractivity contribution >= 4 is 11.0 Å². The lowest BCUT2D eigenvalue weighted by atomic mass is 10.3. The van der Waals surface area contributed by atoms with Gasteiger partial charge in [0.2, 0.25) is 0 Å². The van der Waals surface area contributed by atoms with Gasteiger partial charge in [-0.25, -0.2) is 4.98 Å². The molecule has 3 aromatic rings. The fourth-order valence-electron chi connectivity index (χ4n) is 1.78. The van der Waals surface area contributed by atoms with Crippen LogP contribution in [0.5, 0.6) is 0 Å². The fraction of sp³-hybridized carbons (Fsp3) is 0.250. The smallest absolute Gasteiger partial charge is 0.191 e. The van der Waals surface area contributed by atoms with Crippen molar-refractivity contribution < 1.29 is 0 Å². The molecule has 1 unspecified atom stereocenters. The van der Waals surface area contributed by atoms with Crippen LogP contribution in [0.15, 0.2) is 30.5 Å². The first-order chi connectivity index (χ1) is 9.33. The third-order valence-corrected chi connectivity index (χ3v) is 2.84. The highest BCUT2D eigenvalue weighted by Gasteiger charge is 2.09. The molecule has 2 aromatic heterocycles. The van der Waals surface area contributed by atoms with E-state index < -0.39 is 0 Å². The molecule has 0 aliphatic rings. The van der Waals surface area contributed by atoms with Gasteiger partial charge in [0, 0.05) is 6.54 Å². The second kappa shape index (κ2) is 5.07. The van der Waals surface area contributed by atoms with E-state index in [4.69, 9.17) is 0 Å². The number of aromatic nitrogens is 6. The Hall–Kier alpha value is -2.41. The normalized spacial score (nSPS) is 12.7. The zero-order chi connectivity index (χ0) is 13.1. The van der Waals surface area contributed by atoms with Crippen LogP contribution in [0.3, 0.4) is 0 Å². The van der Waals surface area contributed by atoms with E-state index >= 15 is 0 Å². The Morgan fingerprint density at radius 3 is 2.89 bits per heavy atom. The zero-order valence-corrected chi connectivity index (χ0v) is 10.4. The molecule has 0 aliphatic heterocycles. The molecule has 0 saturated carbocycles. The summed E-state index contributed by atoms with van der Waals surface area (Å²) in [6.07, 6.45) is 1.78. The monoisotopic (exact) mass is 255 g/mol. The molecule has 0 saturated heterocycles. The highest BCUT2D eigenvalue weighted by atomic mass is 15.5. The van der Waals surface area contributed by atoms with Crippen molar-refractivity contribution in [2.45, 2.75) is 19.5 Å². The molecule has 96 valence electrons. The van der Waals surface area contributed by atoms with Gasteiger partial charge >= 0.3 is 0 Å². The largest absolute Gasteiger partial charge is 0.302 e. The highest BCUT2D eigenvalue weighted by Crippen LogP contribution is 2.09. The van der Waals surface area contributed by atoms with Gasteiger partial charge in [0.1, 0.15) is 0 Å². The number of rotatable bonds is 4. The molecule has 0 fully saturated rings. The van der Waals surface area contributed by atoms with Gasteiger partial charge in [-0.2, -0.15) is 5.21 Å². The third kappa shape index (κ3) is 2.55. The molecule has 2 N–H and O–H groups in total. The predicted molar refractivity (Wildman–Crippen MR) is 69.0 cm³/mol. The van der Waals surface area contributed by atoms with Crippen molar-refractivity contribution in [3.8, 4) is 0 Å². The average molecular weight is 255 g/mol. The van der Waals surface area contributed by atoms with Crippen LogP contribution in [0.1, 0.15) is 24.5 Å². The van der Waals surface area contributed by atoms with Crippen molar-refractivity contribution in [1.82, 2.24) is 35.9 Å². The lowest BCUT2D eigenvalue weighted by Crippen LogP contribution is -2.20. The average Bonchev–Trinajstić information content (AvgIpc) is 2.99. The first-order valence-electron chi connectivity index (χ1n) is 6.00. The van der Waals surface area contributed by atoms with Gasteiger partial charge in [-0.15, -0.1) is 10.2 Å². The quantitative estimate of drug-likeness (QED) is 0.722. The topological polar surface area (TPSA) is 92.3 Å². The second-order valence-electron chi connectivity index (χ2n) is 4.22. The summed E-state index contributed by atoms with van der Waals surface area (Å²) in [4.78, 5) is 8.91. The van der Waals surface area contributed by atoms with Gasteiger partial charge in [0.25, 0.3) is 0 Å². The number of benzene rings is 1. The van der Waals surface area contributed by atoms with Gasteiger partial charge < -0.3 is 5.32 Å². The van der Waals surface area contributed by atoms with Crippen LogP contribution in [0.4, 0.5) is 0 Å². The number of tetrazole rings is 1. The van der Waals surface area contributed by atoms with Gasteiger partial charge in [0.15, 0.2) is 5.82 Å². The first kappa shape index (κ1) is 11.7. The van der Waals surface area contributed by atoms with E-state index in [9.17, 15) is 0 Å². The van der Waals surface area contributed by atoms with Gasteiger partial charge in [0.05, 0.1) is 29.0 Å². The molecular formula is C12H13N7. The molecule has 2 heterocycles. The van der Waals surface area contributed by atoms with Crippen molar-refractivity contribution in [1.29, 1.82) is 0 Å². The van der Waals surface area contributed by atoms with Crippen LogP contribution in [-0.4, -0.2) is 30.6 Å². The third-order valence-electron chi connectivity index (χ3n) is 2.84. The number of aromatic amines is 1. The maximum atomic E-state index is 4.54. The van der Waals surface area contributed by atoms with Crippen molar-refractivity contribution in [2.24, 2.45) is 0 Å². The van der Waals surface area contributed by atoms with Crippen molar-refractivity contribution in [2.75, 3.05) is 0 Å². The number of hydrogen-bond donors (Lipinski definition) is 2. The summed E-state index contributed by atoms with van der Waals surface area (Å²) in [7, 11) is 0. The van der Waals surface area contributed by atoms with Gasteiger partial charge in [-0.3, -0.25) is 4.98 Å². The summed E-state index contributed by atoms with van der Waals surface area (Å²) >= 11 is 0. The molecule has 0 aliphatic carbocycles. The minimum Gasteiger partial charge on any atom is -0.302 e. The van der Waals surface area contributed by atoms with Crippen LogP contribution >= 0.6 is 0 Å². The maximum Gasteiger partial charge on any atom is 0.191 e. The highest BCUT2D eigenvalue weighted by molar-refractivity contribution is 5.73. The van der Waals surface area contributed by atoms with E-state index in [-0.39, 0.29) is 6.04 Å². The number of hydrogen-bond acceptors (Lipinski definition) is 6. The molecule has 0 spiro atoms. The molecule has 1 aromatic carbocycles. The van der Waals surface area contributed by atoms with Crippen molar-refractivity contribution in [3.05, 3.63) is 42.0 Å². The molecule has 7 heteroatoms. The van der Waals surface area contributed by atoms with E-state index in [0.29, 0.717) is 12.4 Å². The molecule has 7 nitrogen and oxygen atoms in total. The molecule has 0 amide bonds. The summed E-state index contributed by atoms with van der Waals surface area (Å²) in [6, 6.07) is 7.81. The molecule has 0 bridgehead atoms. The minimum atomic E-state index is 0.00650. The van der Waals surface area contributed by atoms with E-state index in [0.717, 1.165) is 16.7 Å². The van der Waals surface area contributed by atoms with Crippen LogP contribution in [0.2, 0.25) is 0 Å². The zero-order valence-electron chi connectivity index (χ0n) is 10.4. The maximum absolute atomic E-state index is 4.54. The second-order valence-corrected chi connectivity index (χ2v) is 4.22. The number of fused-ring (bicyclic) bond motifs is 1. The number of nitrogens with one attached hydrogen (secondary N) is 2. The number of nitrogens with zero attached hydrogens (tertiary/aromatic N) is 5. The molecule has 19 heavy (non-hydrogen) atoms. The van der Waals surface area contributed by atoms with Gasteiger partial charge in [-0.05, 0) is 19.1 Å². The summed E-state index contributed by atoms with van der Waals surface area (Å²) in [6.45, 7) is 2.58. The van der Waals surface area contributed by atoms with Crippen LogP contribution in [-0.2, 0) is 6.54 Å². The molecular weight excluding hydrogens is 242 g/mol. The molecule has 1 atom stereocenters. The lowest BCUT2D eigenvalue weighted by molar-refractivity contribution is 0.541.